The zero-order valence-corrected chi connectivity index (χ0v) is 29.2. The Morgan fingerprint density at radius 1 is 0.271 bits per heavy atom. The minimum absolute atomic E-state index is 0.0350. The minimum atomic E-state index is -4.20. The highest BCUT2D eigenvalue weighted by Crippen LogP contribution is 2.23. The predicted molar refractivity (Wildman–Crippen MR) is 181 cm³/mol. The summed E-state index contributed by atoms with van der Waals surface area (Å²) >= 11 is 0. The molecule has 1 saturated heterocycles. The maximum Gasteiger partial charge on any atom is 0.243 e. The number of hydrogen-bond donors (Lipinski definition) is 0. The van der Waals surface area contributed by atoms with Crippen LogP contribution in [0.4, 0.5) is 0 Å². The van der Waals surface area contributed by atoms with Crippen LogP contribution in [0.3, 0.4) is 0 Å². The topological polar surface area (TPSA) is 150 Å². The second kappa shape index (κ2) is 15.0. The zero-order chi connectivity index (χ0) is 34.4. The van der Waals surface area contributed by atoms with Gasteiger partial charge >= 0.3 is 0 Å². The highest BCUT2D eigenvalue weighted by molar-refractivity contribution is 7.90. The molecule has 1 fully saturated rings. The first-order valence-corrected chi connectivity index (χ1v) is 20.8. The number of hydrogen-bond acceptors (Lipinski definition) is 8. The summed E-state index contributed by atoms with van der Waals surface area (Å²) in [6, 6.07) is 30.4. The van der Waals surface area contributed by atoms with Crippen LogP contribution in [0.2, 0.25) is 0 Å². The molecule has 0 atom stereocenters. The quantitative estimate of drug-likeness (QED) is 0.269. The Hall–Kier alpha value is -3.48. The third-order valence-corrected chi connectivity index (χ3v) is 15.6. The van der Waals surface area contributed by atoms with E-state index < -0.39 is 40.1 Å². The summed E-state index contributed by atoms with van der Waals surface area (Å²) in [5.41, 5.74) is 0. The van der Waals surface area contributed by atoms with Crippen LogP contribution in [-0.2, 0) is 40.1 Å². The summed E-state index contributed by atoms with van der Waals surface area (Å²) < 4.78 is 115. The van der Waals surface area contributed by atoms with Gasteiger partial charge in [0.1, 0.15) is 0 Å². The maximum atomic E-state index is 13.9. The van der Waals surface area contributed by atoms with E-state index in [0.29, 0.717) is 0 Å². The zero-order valence-electron chi connectivity index (χ0n) is 25.9. The van der Waals surface area contributed by atoms with Gasteiger partial charge in [0.15, 0.2) is 0 Å². The molecule has 0 aromatic heterocycles. The fourth-order valence-electron chi connectivity index (χ4n) is 5.27. The van der Waals surface area contributed by atoms with Crippen molar-refractivity contribution in [1.29, 1.82) is 0 Å². The van der Waals surface area contributed by atoms with E-state index in [2.05, 4.69) is 0 Å². The van der Waals surface area contributed by atoms with Crippen LogP contribution in [0.5, 0.6) is 0 Å². The molecular formula is C32H36N4O8S4. The first-order valence-electron chi connectivity index (χ1n) is 15.1. The van der Waals surface area contributed by atoms with Gasteiger partial charge in [0, 0.05) is 52.4 Å². The van der Waals surface area contributed by atoms with Crippen molar-refractivity contribution < 1.29 is 33.7 Å². The van der Waals surface area contributed by atoms with Gasteiger partial charge in [-0.25, -0.2) is 33.7 Å². The predicted octanol–water partition coefficient (Wildman–Crippen LogP) is 2.76. The molecule has 0 bridgehead atoms. The normalized spacial score (nSPS) is 17.7. The molecule has 256 valence electrons. The monoisotopic (exact) mass is 732 g/mol. The fraction of sp³-hybridized carbons (Fsp3) is 0.250. The van der Waals surface area contributed by atoms with Crippen LogP contribution in [0.25, 0.3) is 0 Å². The number of nitrogens with zero attached hydrogens (tertiary/aromatic N) is 4. The maximum absolute atomic E-state index is 13.9. The summed E-state index contributed by atoms with van der Waals surface area (Å²) in [5.74, 6) is 0. The number of sulfonamides is 4. The molecule has 5 rings (SSSR count). The van der Waals surface area contributed by atoms with Crippen LogP contribution in [0.15, 0.2) is 141 Å². The molecule has 0 unspecified atom stereocenters. The summed E-state index contributed by atoms with van der Waals surface area (Å²) in [6.07, 6.45) is 0. The third kappa shape index (κ3) is 7.87. The molecule has 0 radical (unpaired) electrons. The van der Waals surface area contributed by atoms with E-state index >= 15 is 0 Å². The van der Waals surface area contributed by atoms with E-state index in [0.717, 1.165) is 17.2 Å². The number of rotatable bonds is 8. The molecule has 1 heterocycles. The van der Waals surface area contributed by atoms with E-state index in [1.54, 1.807) is 72.8 Å². The first-order chi connectivity index (χ1) is 22.8. The first kappa shape index (κ1) is 35.8. The van der Waals surface area contributed by atoms with Crippen molar-refractivity contribution in [3.8, 4) is 0 Å². The lowest BCUT2D eigenvalue weighted by Crippen LogP contribution is -2.50. The average molecular weight is 733 g/mol. The van der Waals surface area contributed by atoms with Crippen LogP contribution >= 0.6 is 0 Å². The summed E-state index contributed by atoms with van der Waals surface area (Å²) in [5, 5.41) is 0. The standard InChI is InChI=1S/C32H36N4O8S4/c37-45(38,29-13-5-1-6-14-29)33-21-23-34(46(39,40)30-15-7-2-8-16-30)25-27-36(48(43,44)32-19-11-4-12-20-32)28-26-35(24-22-33)47(41,42)31-17-9-3-10-18-31/h1-20H,21-28H2. The van der Waals surface area contributed by atoms with Crippen molar-refractivity contribution in [2.45, 2.75) is 19.6 Å². The molecule has 4 aromatic carbocycles. The smallest absolute Gasteiger partial charge is 0.207 e. The summed E-state index contributed by atoms with van der Waals surface area (Å²) in [6.45, 7) is -2.60. The highest BCUT2D eigenvalue weighted by atomic mass is 32.2. The molecule has 0 spiro atoms. The van der Waals surface area contributed by atoms with E-state index in [4.69, 9.17) is 0 Å². The minimum Gasteiger partial charge on any atom is -0.207 e. The molecule has 0 saturated carbocycles. The van der Waals surface area contributed by atoms with E-state index in [-0.39, 0.29) is 71.9 Å². The van der Waals surface area contributed by atoms with Crippen molar-refractivity contribution in [1.82, 2.24) is 17.2 Å². The van der Waals surface area contributed by atoms with E-state index in [1.165, 1.54) is 48.5 Å². The van der Waals surface area contributed by atoms with Gasteiger partial charge in [0.25, 0.3) is 0 Å². The lowest BCUT2D eigenvalue weighted by molar-refractivity contribution is 0.273. The Bertz CT molecular complexity index is 1780. The van der Waals surface area contributed by atoms with Crippen LogP contribution in [0.1, 0.15) is 0 Å². The van der Waals surface area contributed by atoms with Gasteiger partial charge in [0.05, 0.1) is 19.6 Å². The van der Waals surface area contributed by atoms with Gasteiger partial charge in [-0.05, 0) is 48.5 Å². The average Bonchev–Trinajstić information content (AvgIpc) is 3.09. The molecule has 1 aliphatic heterocycles. The van der Waals surface area contributed by atoms with E-state index in [9.17, 15) is 33.7 Å². The van der Waals surface area contributed by atoms with Crippen molar-refractivity contribution in [3.63, 3.8) is 0 Å². The Labute approximate surface area is 283 Å². The van der Waals surface area contributed by atoms with Crippen molar-refractivity contribution in [3.05, 3.63) is 121 Å². The van der Waals surface area contributed by atoms with Gasteiger partial charge in [-0.2, -0.15) is 17.2 Å². The van der Waals surface area contributed by atoms with E-state index in [1.807, 2.05) is 0 Å². The third-order valence-electron chi connectivity index (χ3n) is 7.92. The number of benzene rings is 4. The molecule has 1 aliphatic rings. The van der Waals surface area contributed by atoms with Gasteiger partial charge in [0.2, 0.25) is 40.1 Å². The van der Waals surface area contributed by atoms with Crippen molar-refractivity contribution in [2.24, 2.45) is 0 Å². The van der Waals surface area contributed by atoms with Gasteiger partial charge < -0.3 is 0 Å². The van der Waals surface area contributed by atoms with Crippen LogP contribution < -0.4 is 0 Å². The molecule has 0 N–H and O–H groups in total. The lowest BCUT2D eigenvalue weighted by Gasteiger charge is -2.33. The molecule has 0 amide bonds. The van der Waals surface area contributed by atoms with Crippen LogP contribution in [0, 0.1) is 0 Å². The molecular weight excluding hydrogens is 697 g/mol. The lowest BCUT2D eigenvalue weighted by atomic mass is 10.4. The van der Waals surface area contributed by atoms with Gasteiger partial charge in [-0.1, -0.05) is 72.8 Å². The fourth-order valence-corrected chi connectivity index (χ4v) is 11.0. The summed E-state index contributed by atoms with van der Waals surface area (Å²) in [4.78, 5) is -0.140. The molecule has 16 heteroatoms. The van der Waals surface area contributed by atoms with Crippen molar-refractivity contribution >= 4 is 40.1 Å². The second-order valence-corrected chi connectivity index (χ2v) is 18.6. The summed E-state index contributed by atoms with van der Waals surface area (Å²) in [7, 11) is -16.8. The molecule has 4 aromatic rings. The Kier molecular flexibility index (Phi) is 11.2. The van der Waals surface area contributed by atoms with Crippen molar-refractivity contribution in [2.75, 3.05) is 52.4 Å². The van der Waals surface area contributed by atoms with Gasteiger partial charge in [-0.3, -0.25) is 0 Å². The Morgan fingerprint density at radius 3 is 0.562 bits per heavy atom. The highest BCUT2D eigenvalue weighted by Gasteiger charge is 2.35. The second-order valence-electron chi connectivity index (χ2n) is 10.9. The molecule has 12 nitrogen and oxygen atoms in total. The Balaban J connectivity index is 1.58. The van der Waals surface area contributed by atoms with Crippen LogP contribution in [-0.4, -0.2) is 103 Å². The molecule has 48 heavy (non-hydrogen) atoms. The molecule has 0 aliphatic carbocycles. The SMILES string of the molecule is O=S(=O)(c1ccccc1)N1CCN(S(=O)(=O)c2ccccc2)CCN(S(=O)(=O)c2ccccc2)CCN(S(=O)(=O)c2ccccc2)CC1. The van der Waals surface area contributed by atoms with Gasteiger partial charge in [-0.15, -0.1) is 0 Å². The Morgan fingerprint density at radius 2 is 0.417 bits per heavy atom. The largest absolute Gasteiger partial charge is 0.243 e.